The van der Waals surface area contributed by atoms with Crippen molar-refractivity contribution in [3.8, 4) is 0 Å². The Morgan fingerprint density at radius 1 is 1.04 bits per heavy atom. The zero-order valence-corrected chi connectivity index (χ0v) is 14.5. The average molecular weight is 325 g/mol. The number of likely N-dealkylation sites (N-methyl/N-ethyl adjacent to an activating group) is 1. The molecule has 0 saturated carbocycles. The summed E-state index contributed by atoms with van der Waals surface area (Å²) < 4.78 is 0. The molecular weight excluding hydrogens is 298 g/mol. The maximum atomic E-state index is 12.1. The van der Waals surface area contributed by atoms with Gasteiger partial charge in [-0.15, -0.1) is 0 Å². The first-order valence-corrected chi connectivity index (χ1v) is 8.86. The number of amides is 1. The lowest BCUT2D eigenvalue weighted by molar-refractivity contribution is -0.120. The van der Waals surface area contributed by atoms with Crippen LogP contribution in [0.1, 0.15) is 12.0 Å². The quantitative estimate of drug-likeness (QED) is 0.827. The molecule has 0 radical (unpaired) electrons. The van der Waals surface area contributed by atoms with E-state index in [1.807, 2.05) is 18.2 Å². The van der Waals surface area contributed by atoms with Gasteiger partial charge >= 0.3 is 0 Å². The molecule has 0 aromatic heterocycles. The van der Waals surface area contributed by atoms with E-state index < -0.39 is 0 Å². The number of fused-ring (bicyclic) bond motifs is 1. The van der Waals surface area contributed by atoms with Crippen LogP contribution >= 0.6 is 0 Å². The second-order valence-corrected chi connectivity index (χ2v) is 6.71. The first-order chi connectivity index (χ1) is 11.7. The maximum absolute atomic E-state index is 12.1. The molecule has 1 aliphatic rings. The Labute approximate surface area is 144 Å². The molecule has 0 spiro atoms. The molecule has 0 bridgehead atoms. The van der Waals surface area contributed by atoms with Crippen LogP contribution in [0.5, 0.6) is 0 Å². The van der Waals surface area contributed by atoms with Crippen LogP contribution in [0.4, 0.5) is 0 Å². The molecule has 1 saturated heterocycles. The predicted octanol–water partition coefficient (Wildman–Crippen LogP) is 2.14. The highest BCUT2D eigenvalue weighted by Crippen LogP contribution is 2.15. The predicted molar refractivity (Wildman–Crippen MR) is 99.2 cm³/mol. The van der Waals surface area contributed by atoms with E-state index >= 15 is 0 Å². The molecule has 1 amide bonds. The van der Waals surface area contributed by atoms with Crippen molar-refractivity contribution in [3.63, 3.8) is 0 Å². The Morgan fingerprint density at radius 3 is 2.58 bits per heavy atom. The number of carbonyl (C=O) groups excluding carboxylic acids is 1. The molecule has 128 valence electrons. The van der Waals surface area contributed by atoms with Gasteiger partial charge in [-0.3, -0.25) is 4.79 Å². The van der Waals surface area contributed by atoms with E-state index in [2.05, 4.69) is 46.4 Å². The van der Waals surface area contributed by atoms with E-state index in [9.17, 15) is 4.79 Å². The Bertz CT molecular complexity index is 677. The molecule has 4 nitrogen and oxygen atoms in total. The van der Waals surface area contributed by atoms with Crippen molar-refractivity contribution >= 4 is 16.7 Å². The van der Waals surface area contributed by atoms with Crippen molar-refractivity contribution in [1.82, 2.24) is 15.1 Å². The smallest absolute Gasteiger partial charge is 0.224 e. The van der Waals surface area contributed by atoms with Crippen molar-refractivity contribution in [1.29, 1.82) is 0 Å². The van der Waals surface area contributed by atoms with Gasteiger partial charge in [-0.25, -0.2) is 0 Å². The number of nitrogens with one attached hydrogen (secondary N) is 1. The average Bonchev–Trinajstić information content (AvgIpc) is 2.60. The van der Waals surface area contributed by atoms with E-state index in [0.717, 1.165) is 51.3 Å². The third-order valence-corrected chi connectivity index (χ3v) is 4.75. The van der Waals surface area contributed by atoms with Crippen molar-refractivity contribution in [2.45, 2.75) is 12.8 Å². The Kier molecular flexibility index (Phi) is 5.83. The van der Waals surface area contributed by atoms with Gasteiger partial charge in [-0.2, -0.15) is 0 Å². The molecule has 1 heterocycles. The van der Waals surface area contributed by atoms with Crippen LogP contribution in [0.15, 0.2) is 42.5 Å². The van der Waals surface area contributed by atoms with Crippen LogP contribution < -0.4 is 5.32 Å². The van der Waals surface area contributed by atoms with Crippen LogP contribution in [0.25, 0.3) is 10.8 Å². The molecule has 0 atom stereocenters. The summed E-state index contributed by atoms with van der Waals surface area (Å²) in [5.41, 5.74) is 1.07. The maximum Gasteiger partial charge on any atom is 0.224 e. The highest BCUT2D eigenvalue weighted by Gasteiger charge is 2.12. The van der Waals surface area contributed by atoms with E-state index in [1.165, 1.54) is 10.8 Å². The van der Waals surface area contributed by atoms with Crippen LogP contribution in [0.3, 0.4) is 0 Å². The number of rotatable bonds is 6. The summed E-state index contributed by atoms with van der Waals surface area (Å²) in [6.45, 7) is 6.41. The summed E-state index contributed by atoms with van der Waals surface area (Å²) in [4.78, 5) is 17.0. The third-order valence-electron chi connectivity index (χ3n) is 4.75. The number of nitrogens with zero attached hydrogens (tertiary/aromatic N) is 2. The standard InChI is InChI=1S/C20H27N3O/c1-22-11-13-23(14-12-22)10-4-9-21-20(24)16-17-7-8-18-5-2-3-6-19(18)15-17/h2-3,5-8,15H,4,9-14,16H2,1H3,(H,21,24). The molecule has 0 unspecified atom stereocenters. The van der Waals surface area contributed by atoms with Gasteiger partial charge in [-0.05, 0) is 36.3 Å². The molecule has 24 heavy (non-hydrogen) atoms. The lowest BCUT2D eigenvalue weighted by Gasteiger charge is -2.32. The summed E-state index contributed by atoms with van der Waals surface area (Å²) in [5, 5.41) is 5.46. The van der Waals surface area contributed by atoms with Crippen molar-refractivity contribution < 1.29 is 4.79 Å². The van der Waals surface area contributed by atoms with Crippen molar-refractivity contribution in [2.75, 3.05) is 46.3 Å². The van der Waals surface area contributed by atoms with Gasteiger partial charge in [-0.1, -0.05) is 42.5 Å². The SMILES string of the molecule is CN1CCN(CCCNC(=O)Cc2ccc3ccccc3c2)CC1. The number of hydrogen-bond acceptors (Lipinski definition) is 3. The van der Waals surface area contributed by atoms with Crippen LogP contribution in [0.2, 0.25) is 0 Å². The number of hydrogen-bond donors (Lipinski definition) is 1. The van der Waals surface area contributed by atoms with Gasteiger partial charge in [0.15, 0.2) is 0 Å². The lowest BCUT2D eigenvalue weighted by atomic mass is 10.0. The highest BCUT2D eigenvalue weighted by molar-refractivity contribution is 5.85. The molecule has 1 aliphatic heterocycles. The first kappa shape index (κ1) is 16.9. The van der Waals surface area contributed by atoms with Crippen LogP contribution in [0, 0.1) is 0 Å². The summed E-state index contributed by atoms with van der Waals surface area (Å²) in [7, 11) is 2.17. The van der Waals surface area contributed by atoms with Gasteiger partial charge in [0.05, 0.1) is 6.42 Å². The Hall–Kier alpha value is -1.91. The molecule has 2 aromatic rings. The second-order valence-electron chi connectivity index (χ2n) is 6.71. The van der Waals surface area contributed by atoms with Crippen LogP contribution in [-0.2, 0) is 11.2 Å². The van der Waals surface area contributed by atoms with Gasteiger partial charge in [0, 0.05) is 32.7 Å². The second kappa shape index (κ2) is 8.27. The monoisotopic (exact) mass is 325 g/mol. The number of piperazine rings is 1. The third kappa shape index (κ3) is 4.79. The fourth-order valence-electron chi connectivity index (χ4n) is 3.20. The summed E-state index contributed by atoms with van der Waals surface area (Å²) >= 11 is 0. The minimum Gasteiger partial charge on any atom is -0.356 e. The van der Waals surface area contributed by atoms with E-state index in [1.54, 1.807) is 0 Å². The highest BCUT2D eigenvalue weighted by atomic mass is 16.1. The number of benzene rings is 2. The normalized spacial score (nSPS) is 16.4. The number of carbonyl (C=O) groups is 1. The topological polar surface area (TPSA) is 35.6 Å². The van der Waals surface area contributed by atoms with Gasteiger partial charge in [0.1, 0.15) is 0 Å². The minimum atomic E-state index is 0.114. The fourth-order valence-corrected chi connectivity index (χ4v) is 3.20. The fraction of sp³-hybridized carbons (Fsp3) is 0.450. The van der Waals surface area contributed by atoms with E-state index in [-0.39, 0.29) is 5.91 Å². The van der Waals surface area contributed by atoms with Gasteiger partial charge in [0.2, 0.25) is 5.91 Å². The first-order valence-electron chi connectivity index (χ1n) is 8.86. The van der Waals surface area contributed by atoms with E-state index in [0.29, 0.717) is 6.42 Å². The Balaban J connectivity index is 1.39. The molecule has 1 fully saturated rings. The summed E-state index contributed by atoms with van der Waals surface area (Å²) in [6, 6.07) is 14.5. The molecule has 1 N–H and O–H groups in total. The van der Waals surface area contributed by atoms with Crippen molar-refractivity contribution in [2.24, 2.45) is 0 Å². The molecule has 4 heteroatoms. The molecule has 3 rings (SSSR count). The summed E-state index contributed by atoms with van der Waals surface area (Å²) in [5.74, 6) is 0.114. The largest absolute Gasteiger partial charge is 0.356 e. The van der Waals surface area contributed by atoms with Crippen molar-refractivity contribution in [3.05, 3.63) is 48.0 Å². The Morgan fingerprint density at radius 2 is 1.79 bits per heavy atom. The van der Waals surface area contributed by atoms with Crippen LogP contribution in [-0.4, -0.2) is 62.0 Å². The zero-order valence-electron chi connectivity index (χ0n) is 14.5. The van der Waals surface area contributed by atoms with E-state index in [4.69, 9.17) is 0 Å². The molecule has 0 aliphatic carbocycles. The molecule has 2 aromatic carbocycles. The van der Waals surface area contributed by atoms with Gasteiger partial charge in [0.25, 0.3) is 0 Å². The summed E-state index contributed by atoms with van der Waals surface area (Å²) in [6.07, 6.45) is 1.48. The minimum absolute atomic E-state index is 0.114. The molecular formula is C20H27N3O. The zero-order chi connectivity index (χ0) is 16.8. The lowest BCUT2D eigenvalue weighted by Crippen LogP contribution is -2.45. The van der Waals surface area contributed by atoms with Gasteiger partial charge < -0.3 is 15.1 Å².